The van der Waals surface area contributed by atoms with E-state index in [0.717, 1.165) is 24.0 Å². The molecule has 4 rings (SSSR count). The number of hydrazone groups is 1. The van der Waals surface area contributed by atoms with Gasteiger partial charge in [-0.3, -0.25) is 14.8 Å². The standard InChI is InChI=1S/C14H18N2O3S2.C12H10N2O/c1-4-12-14(15-16(2)13(9-17)20-12)10-5-7-11(8-6-10)21(3,18)19;13-11-5-3-9(4-6-11)12(15)10-2-1-7-14-8-10/h5-9,12-13H,4H2,1-3H3;1-8H,13H2. The minimum Gasteiger partial charge on any atom is -0.399 e. The van der Waals surface area contributed by atoms with E-state index in [9.17, 15) is 18.0 Å². The molecule has 0 spiro atoms. The number of pyridine rings is 1. The predicted octanol–water partition coefficient (Wildman–Crippen LogP) is 3.67. The Hall–Kier alpha value is -3.50. The van der Waals surface area contributed by atoms with Crippen molar-refractivity contribution in [3.8, 4) is 0 Å². The fraction of sp³-hybridized carbons (Fsp3) is 0.231. The summed E-state index contributed by atoms with van der Waals surface area (Å²) in [6.07, 6.45) is 6.13. The molecule has 0 saturated carbocycles. The maximum atomic E-state index is 11.9. The number of nitrogens with zero attached hydrogens (tertiary/aromatic N) is 3. The molecule has 36 heavy (non-hydrogen) atoms. The summed E-state index contributed by atoms with van der Waals surface area (Å²) in [4.78, 5) is 27.1. The summed E-state index contributed by atoms with van der Waals surface area (Å²) in [5, 5.41) is 6.00. The highest BCUT2D eigenvalue weighted by Crippen LogP contribution is 2.30. The highest BCUT2D eigenvalue weighted by atomic mass is 32.2. The number of benzene rings is 2. The van der Waals surface area contributed by atoms with Gasteiger partial charge >= 0.3 is 0 Å². The van der Waals surface area contributed by atoms with E-state index in [2.05, 4.69) is 10.1 Å². The van der Waals surface area contributed by atoms with Gasteiger partial charge in [0, 0.05) is 42.5 Å². The Morgan fingerprint density at radius 2 is 1.75 bits per heavy atom. The van der Waals surface area contributed by atoms with Crippen LogP contribution in [0.5, 0.6) is 0 Å². The molecule has 1 aliphatic rings. The molecule has 2 unspecified atom stereocenters. The van der Waals surface area contributed by atoms with E-state index in [1.54, 1.807) is 96.9 Å². The van der Waals surface area contributed by atoms with Crippen LogP contribution in [0.25, 0.3) is 0 Å². The van der Waals surface area contributed by atoms with Crippen molar-refractivity contribution >= 4 is 45.1 Å². The molecule has 3 aromatic rings. The zero-order valence-corrected chi connectivity index (χ0v) is 21.9. The lowest BCUT2D eigenvalue weighted by Gasteiger charge is -2.32. The highest BCUT2D eigenvalue weighted by Gasteiger charge is 2.29. The molecule has 2 atom stereocenters. The lowest BCUT2D eigenvalue weighted by atomic mass is 10.1. The summed E-state index contributed by atoms with van der Waals surface area (Å²) in [7, 11) is -1.43. The van der Waals surface area contributed by atoms with Gasteiger partial charge in [0.2, 0.25) is 0 Å². The first kappa shape index (κ1) is 27.1. The average molecular weight is 525 g/mol. The second kappa shape index (κ2) is 12.0. The van der Waals surface area contributed by atoms with Crippen LogP contribution in [0.15, 0.2) is 83.1 Å². The van der Waals surface area contributed by atoms with Crippen molar-refractivity contribution in [2.75, 3.05) is 19.0 Å². The van der Waals surface area contributed by atoms with Gasteiger partial charge < -0.3 is 10.5 Å². The molecule has 1 aliphatic heterocycles. The number of anilines is 1. The Morgan fingerprint density at radius 3 is 2.28 bits per heavy atom. The zero-order valence-electron chi connectivity index (χ0n) is 20.2. The van der Waals surface area contributed by atoms with E-state index in [-0.39, 0.29) is 16.4 Å². The zero-order chi connectivity index (χ0) is 26.3. The molecule has 8 nitrogen and oxygen atoms in total. The van der Waals surface area contributed by atoms with Gasteiger partial charge in [-0.15, -0.1) is 11.8 Å². The van der Waals surface area contributed by atoms with Crippen LogP contribution in [-0.4, -0.2) is 60.1 Å². The van der Waals surface area contributed by atoms with E-state index in [1.165, 1.54) is 6.26 Å². The molecule has 2 N–H and O–H groups in total. The molecule has 0 fully saturated rings. The summed E-state index contributed by atoms with van der Waals surface area (Å²) < 4.78 is 23.0. The number of hydrogen-bond acceptors (Lipinski definition) is 9. The summed E-state index contributed by atoms with van der Waals surface area (Å²) >= 11 is 1.56. The monoisotopic (exact) mass is 524 g/mol. The minimum atomic E-state index is -3.19. The molecular weight excluding hydrogens is 496 g/mol. The number of carbonyl (C=O) groups excluding carboxylic acids is 2. The number of ketones is 1. The van der Waals surface area contributed by atoms with Crippen LogP contribution in [-0.2, 0) is 14.6 Å². The average Bonchev–Trinajstić information content (AvgIpc) is 2.89. The molecule has 0 saturated heterocycles. The fourth-order valence-electron chi connectivity index (χ4n) is 3.44. The second-order valence-electron chi connectivity index (χ2n) is 8.11. The van der Waals surface area contributed by atoms with E-state index in [1.807, 2.05) is 6.92 Å². The van der Waals surface area contributed by atoms with Gasteiger partial charge in [0.25, 0.3) is 0 Å². The molecule has 0 bridgehead atoms. The second-order valence-corrected chi connectivity index (χ2v) is 11.4. The number of thioether (sulfide) groups is 1. The van der Waals surface area contributed by atoms with Crippen molar-refractivity contribution < 1.29 is 18.0 Å². The van der Waals surface area contributed by atoms with Crippen molar-refractivity contribution in [3.05, 3.63) is 89.7 Å². The highest BCUT2D eigenvalue weighted by molar-refractivity contribution is 8.01. The van der Waals surface area contributed by atoms with Crippen LogP contribution in [0, 0.1) is 0 Å². The third-order valence-electron chi connectivity index (χ3n) is 5.40. The molecule has 188 valence electrons. The van der Waals surface area contributed by atoms with Crippen molar-refractivity contribution in [3.63, 3.8) is 0 Å². The maximum absolute atomic E-state index is 11.9. The van der Waals surface area contributed by atoms with E-state index in [0.29, 0.717) is 21.7 Å². The van der Waals surface area contributed by atoms with Crippen LogP contribution in [0.2, 0.25) is 0 Å². The van der Waals surface area contributed by atoms with Crippen LogP contribution in [0.4, 0.5) is 5.69 Å². The van der Waals surface area contributed by atoms with Gasteiger partial charge in [-0.1, -0.05) is 19.1 Å². The summed E-state index contributed by atoms with van der Waals surface area (Å²) in [6, 6.07) is 17.1. The van der Waals surface area contributed by atoms with Crippen molar-refractivity contribution in [2.24, 2.45) is 5.10 Å². The lowest BCUT2D eigenvalue weighted by Crippen LogP contribution is -2.37. The van der Waals surface area contributed by atoms with Gasteiger partial charge in [0.15, 0.2) is 21.9 Å². The Labute approximate surface area is 215 Å². The first-order valence-electron chi connectivity index (χ1n) is 11.2. The fourth-order valence-corrected chi connectivity index (χ4v) is 5.20. The molecule has 10 heteroatoms. The Kier molecular flexibility index (Phi) is 9.00. The van der Waals surface area contributed by atoms with Crippen LogP contribution in [0.3, 0.4) is 0 Å². The van der Waals surface area contributed by atoms with Crippen molar-refractivity contribution in [1.29, 1.82) is 0 Å². The first-order chi connectivity index (χ1) is 17.1. The largest absolute Gasteiger partial charge is 0.399 e. The molecule has 0 radical (unpaired) electrons. The van der Waals surface area contributed by atoms with Crippen LogP contribution >= 0.6 is 11.8 Å². The van der Waals surface area contributed by atoms with Crippen LogP contribution < -0.4 is 5.73 Å². The van der Waals surface area contributed by atoms with E-state index < -0.39 is 9.84 Å². The van der Waals surface area contributed by atoms with E-state index >= 15 is 0 Å². The van der Waals surface area contributed by atoms with Gasteiger partial charge in [0.1, 0.15) is 5.37 Å². The molecular formula is C26H28N4O4S2. The van der Waals surface area contributed by atoms with Gasteiger partial charge in [-0.05, 0) is 60.5 Å². The number of nitrogen functional groups attached to an aromatic ring is 1. The normalized spacial score (nSPS) is 17.4. The first-order valence-corrected chi connectivity index (χ1v) is 14.0. The molecule has 2 aromatic carbocycles. The predicted molar refractivity (Wildman–Crippen MR) is 144 cm³/mol. The summed E-state index contributed by atoms with van der Waals surface area (Å²) in [5.74, 6) is -0.0388. The number of nitrogens with two attached hydrogens (primary N) is 1. The van der Waals surface area contributed by atoms with Crippen molar-refractivity contribution in [1.82, 2.24) is 9.99 Å². The number of rotatable bonds is 6. The number of likely N-dealkylation sites (N-methyl/N-ethyl adjacent to an activating group) is 1. The van der Waals surface area contributed by atoms with Crippen molar-refractivity contribution in [2.45, 2.75) is 28.9 Å². The molecule has 1 aromatic heterocycles. The third kappa shape index (κ3) is 6.79. The number of hydrogen-bond donors (Lipinski definition) is 1. The number of sulfone groups is 1. The lowest BCUT2D eigenvalue weighted by molar-refractivity contribution is -0.109. The molecule has 0 aliphatic carbocycles. The minimum absolute atomic E-state index is 0.0388. The van der Waals surface area contributed by atoms with Gasteiger partial charge in [-0.25, -0.2) is 8.42 Å². The number of carbonyl (C=O) groups is 2. The maximum Gasteiger partial charge on any atom is 0.194 e. The van der Waals surface area contributed by atoms with Gasteiger partial charge in [0.05, 0.1) is 15.9 Å². The van der Waals surface area contributed by atoms with E-state index in [4.69, 9.17) is 5.73 Å². The molecule has 0 amide bonds. The Bertz CT molecular complexity index is 1330. The molecule has 2 heterocycles. The number of aromatic nitrogens is 1. The SMILES string of the molecule is CCC1SC(C=O)N(C)N=C1c1ccc(S(C)(=O)=O)cc1.Nc1ccc(C(=O)c2cccnc2)cc1. The summed E-state index contributed by atoms with van der Waals surface area (Å²) in [5.41, 5.74) is 9.17. The quantitative estimate of drug-likeness (QED) is 0.294. The Morgan fingerprint density at radius 1 is 1.08 bits per heavy atom. The summed E-state index contributed by atoms with van der Waals surface area (Å²) in [6.45, 7) is 2.05. The van der Waals surface area contributed by atoms with Gasteiger partial charge in [-0.2, -0.15) is 5.10 Å². The number of aldehydes is 1. The Balaban J connectivity index is 0.000000212. The van der Waals surface area contributed by atoms with Crippen LogP contribution in [0.1, 0.15) is 34.8 Å². The third-order valence-corrected chi connectivity index (χ3v) is 8.11. The smallest absolute Gasteiger partial charge is 0.194 e. The topological polar surface area (TPSA) is 123 Å².